The van der Waals surface area contributed by atoms with Gasteiger partial charge in [-0.15, -0.1) is 11.6 Å². The average Bonchev–Trinajstić information content (AvgIpc) is 2.88. The van der Waals surface area contributed by atoms with Crippen LogP contribution in [0.2, 0.25) is 0 Å². The number of likely N-dealkylation sites (N-methyl/N-ethyl adjacent to an activating group) is 1. The van der Waals surface area contributed by atoms with Gasteiger partial charge in [-0.25, -0.2) is 0 Å². The second-order valence-corrected chi connectivity index (χ2v) is 7.57. The SMILES string of the molecule is COc1ccc2c3c1O[C@H]1[C@@H](Cl)C=C[C@H]4[C@@H](C2)N(C)CC[C@@]341. The molecular weight excluding hydrogens is 298 g/mol. The summed E-state index contributed by atoms with van der Waals surface area (Å²) in [5.74, 6) is 2.29. The third-order valence-corrected chi connectivity index (χ3v) is 6.69. The van der Waals surface area contributed by atoms with Gasteiger partial charge in [-0.05, 0) is 38.1 Å². The molecule has 0 unspecified atom stereocenters. The summed E-state index contributed by atoms with van der Waals surface area (Å²) < 4.78 is 12.0. The minimum Gasteiger partial charge on any atom is -0.493 e. The zero-order chi connectivity index (χ0) is 15.1. The number of nitrogens with zero attached hydrogens (tertiary/aromatic N) is 1. The van der Waals surface area contributed by atoms with E-state index in [1.807, 2.05) is 0 Å². The molecule has 1 aromatic carbocycles. The van der Waals surface area contributed by atoms with Gasteiger partial charge < -0.3 is 14.4 Å². The molecule has 22 heavy (non-hydrogen) atoms. The number of benzene rings is 1. The largest absolute Gasteiger partial charge is 0.493 e. The highest BCUT2D eigenvalue weighted by Gasteiger charge is 2.64. The van der Waals surface area contributed by atoms with E-state index in [0.717, 1.165) is 30.9 Å². The molecule has 2 bridgehead atoms. The molecule has 1 saturated heterocycles. The van der Waals surface area contributed by atoms with Gasteiger partial charge in [0, 0.05) is 22.9 Å². The van der Waals surface area contributed by atoms with E-state index < -0.39 is 0 Å². The van der Waals surface area contributed by atoms with Gasteiger partial charge in [0.25, 0.3) is 0 Å². The van der Waals surface area contributed by atoms with Gasteiger partial charge >= 0.3 is 0 Å². The fraction of sp³-hybridized carbons (Fsp3) is 0.556. The molecule has 0 N–H and O–H groups in total. The van der Waals surface area contributed by atoms with Crippen LogP contribution in [0.1, 0.15) is 17.5 Å². The zero-order valence-corrected chi connectivity index (χ0v) is 13.6. The van der Waals surface area contributed by atoms with Crippen LogP contribution in [-0.4, -0.2) is 43.1 Å². The van der Waals surface area contributed by atoms with Crippen LogP contribution in [0.25, 0.3) is 0 Å². The molecule has 116 valence electrons. The summed E-state index contributed by atoms with van der Waals surface area (Å²) in [5.41, 5.74) is 2.85. The van der Waals surface area contributed by atoms with Crippen LogP contribution in [0.15, 0.2) is 24.3 Å². The number of alkyl halides is 1. The molecule has 5 rings (SSSR count). The molecule has 1 fully saturated rings. The summed E-state index contributed by atoms with van der Waals surface area (Å²) in [6.45, 7) is 1.11. The molecule has 4 aliphatic rings. The Morgan fingerprint density at radius 2 is 2.23 bits per heavy atom. The van der Waals surface area contributed by atoms with Crippen molar-refractivity contribution >= 4 is 11.6 Å². The van der Waals surface area contributed by atoms with Crippen molar-refractivity contribution in [1.29, 1.82) is 0 Å². The number of methoxy groups -OCH3 is 1. The maximum Gasteiger partial charge on any atom is 0.165 e. The summed E-state index contributed by atoms with van der Waals surface area (Å²) >= 11 is 6.66. The molecule has 0 aromatic heterocycles. The van der Waals surface area contributed by atoms with Crippen molar-refractivity contribution in [3.05, 3.63) is 35.4 Å². The van der Waals surface area contributed by atoms with Crippen LogP contribution in [0, 0.1) is 5.92 Å². The van der Waals surface area contributed by atoms with Gasteiger partial charge in [-0.3, -0.25) is 0 Å². The number of likely N-dealkylation sites (tertiary alicyclic amines) is 1. The van der Waals surface area contributed by atoms with Crippen LogP contribution in [-0.2, 0) is 11.8 Å². The summed E-state index contributed by atoms with van der Waals surface area (Å²) in [7, 11) is 3.97. The van der Waals surface area contributed by atoms with Crippen molar-refractivity contribution < 1.29 is 9.47 Å². The second-order valence-electron chi connectivity index (χ2n) is 7.07. The normalized spacial score (nSPS) is 41.0. The van der Waals surface area contributed by atoms with Gasteiger partial charge in [0.1, 0.15) is 6.10 Å². The van der Waals surface area contributed by atoms with Crippen LogP contribution in [0.5, 0.6) is 11.5 Å². The maximum atomic E-state index is 6.66. The number of rotatable bonds is 1. The second kappa shape index (κ2) is 4.21. The van der Waals surface area contributed by atoms with Crippen molar-refractivity contribution in [2.24, 2.45) is 5.92 Å². The predicted octanol–water partition coefficient (Wildman–Crippen LogP) is 2.75. The summed E-state index contributed by atoms with van der Waals surface area (Å²) in [6, 6.07) is 4.83. The number of piperidine rings is 1. The van der Waals surface area contributed by atoms with Crippen molar-refractivity contribution in [1.82, 2.24) is 4.90 Å². The minimum atomic E-state index is -0.0663. The number of hydrogen-bond donors (Lipinski definition) is 0. The summed E-state index contributed by atoms with van der Waals surface area (Å²) in [5, 5.41) is -0.0663. The van der Waals surface area contributed by atoms with E-state index in [2.05, 4.69) is 36.2 Å². The first-order valence-corrected chi connectivity index (χ1v) is 8.50. The van der Waals surface area contributed by atoms with Crippen molar-refractivity contribution in [3.8, 4) is 11.5 Å². The maximum absolute atomic E-state index is 6.66. The standard InChI is InChI=1S/C18H20ClNO2/c1-20-8-7-18-11-4-5-12(19)17(18)22-16-14(21-2)6-3-10(15(16)18)9-13(11)20/h3-6,11-13,17H,7-9H2,1-2H3/t11-,12-,13+,17-,18-/m0/s1. The van der Waals surface area contributed by atoms with Gasteiger partial charge in [0.05, 0.1) is 12.5 Å². The van der Waals surface area contributed by atoms with Gasteiger partial charge in [0.2, 0.25) is 0 Å². The Balaban J connectivity index is 1.82. The fourth-order valence-electron chi connectivity index (χ4n) is 5.36. The smallest absolute Gasteiger partial charge is 0.165 e. The number of ether oxygens (including phenoxy) is 2. The lowest BCUT2D eigenvalue weighted by atomic mass is 9.53. The first-order chi connectivity index (χ1) is 10.7. The lowest BCUT2D eigenvalue weighted by Gasteiger charge is -2.56. The van der Waals surface area contributed by atoms with E-state index in [1.54, 1.807) is 7.11 Å². The third kappa shape index (κ3) is 1.34. The Morgan fingerprint density at radius 3 is 3.05 bits per heavy atom. The summed E-state index contributed by atoms with van der Waals surface area (Å²) in [6.07, 6.45) is 6.73. The molecule has 4 heteroatoms. The Morgan fingerprint density at radius 1 is 1.36 bits per heavy atom. The van der Waals surface area contributed by atoms with E-state index in [-0.39, 0.29) is 16.9 Å². The highest BCUT2D eigenvalue weighted by atomic mass is 35.5. The molecule has 3 nitrogen and oxygen atoms in total. The van der Waals surface area contributed by atoms with Crippen molar-refractivity contribution in [2.45, 2.75) is 35.8 Å². The highest BCUT2D eigenvalue weighted by molar-refractivity contribution is 6.22. The molecule has 1 spiro atoms. The number of halogens is 1. The van der Waals surface area contributed by atoms with Crippen LogP contribution >= 0.6 is 11.6 Å². The quantitative estimate of drug-likeness (QED) is 0.587. The van der Waals surface area contributed by atoms with Gasteiger partial charge in [0.15, 0.2) is 11.5 Å². The first-order valence-electron chi connectivity index (χ1n) is 8.06. The van der Waals surface area contributed by atoms with Gasteiger partial charge in [-0.2, -0.15) is 0 Å². The molecule has 1 aromatic rings. The van der Waals surface area contributed by atoms with Crippen molar-refractivity contribution in [2.75, 3.05) is 20.7 Å². The van der Waals surface area contributed by atoms with E-state index >= 15 is 0 Å². The van der Waals surface area contributed by atoms with Crippen molar-refractivity contribution in [3.63, 3.8) is 0 Å². The summed E-state index contributed by atoms with van der Waals surface area (Å²) in [4.78, 5) is 2.51. The fourth-order valence-corrected chi connectivity index (χ4v) is 5.72. The van der Waals surface area contributed by atoms with Gasteiger partial charge in [-0.1, -0.05) is 18.2 Å². The Bertz CT molecular complexity index is 688. The topological polar surface area (TPSA) is 21.7 Å². The molecule has 0 saturated carbocycles. The van der Waals surface area contributed by atoms with Crippen LogP contribution < -0.4 is 9.47 Å². The first kappa shape index (κ1) is 13.3. The molecule has 5 atom stereocenters. The predicted molar refractivity (Wildman–Crippen MR) is 86.1 cm³/mol. The molecular formula is C18H20ClNO2. The minimum absolute atomic E-state index is 0.0331. The van der Waals surface area contributed by atoms with E-state index in [9.17, 15) is 0 Å². The average molecular weight is 318 g/mol. The Kier molecular flexibility index (Phi) is 2.54. The zero-order valence-electron chi connectivity index (χ0n) is 12.9. The molecule has 0 radical (unpaired) electrons. The van der Waals surface area contributed by atoms with Crippen LogP contribution in [0.3, 0.4) is 0 Å². The molecule has 2 heterocycles. The van der Waals surface area contributed by atoms with Crippen LogP contribution in [0.4, 0.5) is 0 Å². The van der Waals surface area contributed by atoms with E-state index in [1.165, 1.54) is 11.1 Å². The molecule has 2 aliphatic carbocycles. The monoisotopic (exact) mass is 317 g/mol. The number of hydrogen-bond acceptors (Lipinski definition) is 3. The Hall–Kier alpha value is -1.19. The molecule has 2 aliphatic heterocycles. The highest BCUT2D eigenvalue weighted by Crippen LogP contribution is 2.62. The van der Waals surface area contributed by atoms with E-state index in [0.29, 0.717) is 12.0 Å². The lowest BCUT2D eigenvalue weighted by Crippen LogP contribution is -2.64. The lowest BCUT2D eigenvalue weighted by molar-refractivity contribution is 0.00341. The third-order valence-electron chi connectivity index (χ3n) is 6.32. The Labute approximate surface area is 135 Å². The molecule has 0 amide bonds. The van der Waals surface area contributed by atoms with E-state index in [4.69, 9.17) is 21.1 Å².